The Morgan fingerprint density at radius 3 is 2.58 bits per heavy atom. The number of methoxy groups -OCH3 is 1. The summed E-state index contributed by atoms with van der Waals surface area (Å²) >= 11 is 0. The van der Waals surface area contributed by atoms with Gasteiger partial charge in [-0.2, -0.15) is 0 Å². The molecule has 1 N–H and O–H groups in total. The Labute approximate surface area is 185 Å². The van der Waals surface area contributed by atoms with Crippen molar-refractivity contribution in [2.75, 3.05) is 20.2 Å². The molecule has 1 aromatic heterocycles. The number of benzene rings is 1. The van der Waals surface area contributed by atoms with Gasteiger partial charge in [0.2, 0.25) is 0 Å². The Morgan fingerprint density at radius 1 is 1.13 bits per heavy atom. The lowest BCUT2D eigenvalue weighted by Crippen LogP contribution is -2.42. The number of nitrogens with one attached hydrogen (secondary N) is 1. The van der Waals surface area contributed by atoms with Gasteiger partial charge in [-0.3, -0.25) is 4.79 Å². The predicted molar refractivity (Wildman–Crippen MR) is 121 cm³/mol. The SMILES string of the molecule is COc1ccccc1CNC(=O)c1cnc(C2CCN(C3CCCCC3)CC2)nc1C. The summed E-state index contributed by atoms with van der Waals surface area (Å²) in [5.74, 6) is 1.90. The van der Waals surface area contributed by atoms with E-state index in [4.69, 9.17) is 9.72 Å². The van der Waals surface area contributed by atoms with E-state index in [9.17, 15) is 4.79 Å². The van der Waals surface area contributed by atoms with Crippen LogP contribution in [0.25, 0.3) is 0 Å². The van der Waals surface area contributed by atoms with Crippen molar-refractivity contribution >= 4 is 5.91 Å². The van der Waals surface area contributed by atoms with Gasteiger partial charge in [-0.15, -0.1) is 0 Å². The molecule has 2 heterocycles. The number of hydrogen-bond acceptors (Lipinski definition) is 5. The van der Waals surface area contributed by atoms with Crippen molar-refractivity contribution in [2.24, 2.45) is 0 Å². The van der Waals surface area contributed by atoms with Gasteiger partial charge in [-0.05, 0) is 51.8 Å². The molecule has 0 atom stereocenters. The van der Waals surface area contributed by atoms with Crippen LogP contribution in [0.1, 0.15) is 78.3 Å². The summed E-state index contributed by atoms with van der Waals surface area (Å²) in [6.07, 6.45) is 10.8. The maximum absolute atomic E-state index is 12.7. The normalized spacial score (nSPS) is 18.6. The summed E-state index contributed by atoms with van der Waals surface area (Å²) in [6.45, 7) is 4.59. The lowest BCUT2D eigenvalue weighted by Gasteiger charge is -2.39. The predicted octanol–water partition coefficient (Wildman–Crippen LogP) is 4.24. The fraction of sp³-hybridized carbons (Fsp3) is 0.560. The molecule has 6 heteroatoms. The summed E-state index contributed by atoms with van der Waals surface area (Å²) in [4.78, 5) is 24.7. The molecule has 2 fully saturated rings. The molecule has 0 unspecified atom stereocenters. The second kappa shape index (κ2) is 10.2. The van der Waals surface area contributed by atoms with Crippen LogP contribution in [-0.4, -0.2) is 47.0 Å². The smallest absolute Gasteiger partial charge is 0.254 e. The van der Waals surface area contributed by atoms with Crippen molar-refractivity contribution < 1.29 is 9.53 Å². The van der Waals surface area contributed by atoms with Crippen LogP contribution in [0.4, 0.5) is 0 Å². The van der Waals surface area contributed by atoms with Crippen LogP contribution < -0.4 is 10.1 Å². The first-order chi connectivity index (χ1) is 15.2. The van der Waals surface area contributed by atoms with Crippen molar-refractivity contribution in [1.82, 2.24) is 20.2 Å². The third-order valence-electron chi connectivity index (χ3n) is 6.86. The van der Waals surface area contributed by atoms with Crippen LogP contribution in [0.5, 0.6) is 5.75 Å². The van der Waals surface area contributed by atoms with Gasteiger partial charge in [0.25, 0.3) is 5.91 Å². The van der Waals surface area contributed by atoms with Crippen LogP contribution >= 0.6 is 0 Å². The minimum Gasteiger partial charge on any atom is -0.496 e. The molecule has 1 aliphatic heterocycles. The first-order valence-electron chi connectivity index (χ1n) is 11.6. The van der Waals surface area contributed by atoms with Crippen molar-refractivity contribution in [2.45, 2.75) is 70.4 Å². The molecule has 2 aliphatic rings. The van der Waals surface area contributed by atoms with Crippen LogP contribution in [0.3, 0.4) is 0 Å². The van der Waals surface area contributed by atoms with E-state index in [1.165, 1.54) is 32.1 Å². The molecule has 1 aromatic carbocycles. The number of piperidine rings is 1. The molecule has 0 radical (unpaired) electrons. The first kappa shape index (κ1) is 21.8. The Bertz CT molecular complexity index is 887. The molecule has 1 amide bonds. The fourth-order valence-electron chi connectivity index (χ4n) is 4.99. The lowest BCUT2D eigenvalue weighted by atomic mass is 9.90. The number of carbonyl (C=O) groups excluding carboxylic acids is 1. The van der Waals surface area contributed by atoms with E-state index in [1.54, 1.807) is 13.3 Å². The van der Waals surface area contributed by atoms with Gasteiger partial charge in [-0.25, -0.2) is 9.97 Å². The molecule has 1 aliphatic carbocycles. The molecule has 6 nitrogen and oxygen atoms in total. The average Bonchev–Trinajstić information content (AvgIpc) is 2.83. The van der Waals surface area contributed by atoms with E-state index in [2.05, 4.69) is 15.2 Å². The van der Waals surface area contributed by atoms with Crippen LogP contribution in [0, 0.1) is 6.92 Å². The van der Waals surface area contributed by atoms with Gasteiger partial charge >= 0.3 is 0 Å². The molecule has 1 saturated carbocycles. The Morgan fingerprint density at radius 2 is 1.87 bits per heavy atom. The zero-order valence-corrected chi connectivity index (χ0v) is 18.8. The van der Waals surface area contributed by atoms with Crippen LogP contribution in [0.2, 0.25) is 0 Å². The summed E-state index contributed by atoms with van der Waals surface area (Å²) in [7, 11) is 1.64. The third-order valence-corrected chi connectivity index (χ3v) is 6.86. The number of aryl methyl sites for hydroxylation is 1. The number of nitrogens with zero attached hydrogens (tertiary/aromatic N) is 3. The molecule has 1 saturated heterocycles. The molecular weight excluding hydrogens is 388 g/mol. The maximum atomic E-state index is 12.7. The van der Waals surface area contributed by atoms with Gasteiger partial charge in [0, 0.05) is 30.3 Å². The van der Waals surface area contributed by atoms with Gasteiger partial charge < -0.3 is 15.0 Å². The topological polar surface area (TPSA) is 67.3 Å². The molecule has 2 aromatic rings. The van der Waals surface area contributed by atoms with Gasteiger partial charge in [0.05, 0.1) is 18.4 Å². The number of rotatable bonds is 6. The maximum Gasteiger partial charge on any atom is 0.254 e. The second-order valence-corrected chi connectivity index (χ2v) is 8.82. The monoisotopic (exact) mass is 422 g/mol. The molecule has 31 heavy (non-hydrogen) atoms. The number of likely N-dealkylation sites (tertiary alicyclic amines) is 1. The fourth-order valence-corrected chi connectivity index (χ4v) is 4.99. The van der Waals surface area contributed by atoms with Crippen molar-refractivity contribution in [3.63, 3.8) is 0 Å². The Kier molecular flexibility index (Phi) is 7.17. The minimum atomic E-state index is -0.151. The highest BCUT2D eigenvalue weighted by atomic mass is 16.5. The standard InChI is InChI=1S/C25H34N4O2/c1-18-22(25(30)27-16-20-8-6-7-11-23(20)31-2)17-26-24(28-18)19-12-14-29(15-13-19)21-9-4-3-5-10-21/h6-8,11,17,19,21H,3-5,9-10,12-16H2,1-2H3,(H,27,30). The van der Waals surface area contributed by atoms with E-state index in [-0.39, 0.29) is 5.91 Å². The van der Waals surface area contributed by atoms with E-state index in [0.717, 1.165) is 54.8 Å². The van der Waals surface area contributed by atoms with E-state index in [1.807, 2.05) is 31.2 Å². The molecule has 4 rings (SSSR count). The average molecular weight is 423 g/mol. The zero-order valence-electron chi connectivity index (χ0n) is 18.8. The Hall–Kier alpha value is -2.47. The summed E-state index contributed by atoms with van der Waals surface area (Å²) < 4.78 is 5.36. The van der Waals surface area contributed by atoms with Gasteiger partial charge in [-0.1, -0.05) is 37.5 Å². The molecule has 166 valence electrons. The molecule has 0 spiro atoms. The molecular formula is C25H34N4O2. The second-order valence-electron chi connectivity index (χ2n) is 8.82. The van der Waals surface area contributed by atoms with Gasteiger partial charge in [0.15, 0.2) is 0 Å². The number of carbonyl (C=O) groups is 1. The first-order valence-corrected chi connectivity index (χ1v) is 11.6. The largest absolute Gasteiger partial charge is 0.496 e. The van der Waals surface area contributed by atoms with E-state index < -0.39 is 0 Å². The zero-order chi connectivity index (χ0) is 21.6. The number of hydrogen-bond donors (Lipinski definition) is 1. The minimum absolute atomic E-state index is 0.151. The summed E-state index contributed by atoms with van der Waals surface area (Å²) in [6, 6.07) is 8.48. The quantitative estimate of drug-likeness (QED) is 0.754. The number of ether oxygens (including phenoxy) is 1. The van der Waals surface area contributed by atoms with Crippen molar-refractivity contribution in [3.05, 3.63) is 53.1 Å². The van der Waals surface area contributed by atoms with Crippen molar-refractivity contribution in [3.8, 4) is 5.75 Å². The summed E-state index contributed by atoms with van der Waals surface area (Å²) in [5.41, 5.74) is 2.23. The van der Waals surface area contributed by atoms with Crippen LogP contribution in [-0.2, 0) is 6.54 Å². The highest BCUT2D eigenvalue weighted by Crippen LogP contribution is 2.30. The highest BCUT2D eigenvalue weighted by Gasteiger charge is 2.28. The third kappa shape index (κ3) is 5.24. The summed E-state index contributed by atoms with van der Waals surface area (Å²) in [5, 5.41) is 2.97. The van der Waals surface area contributed by atoms with Crippen LogP contribution in [0.15, 0.2) is 30.5 Å². The van der Waals surface area contributed by atoms with Crippen molar-refractivity contribution in [1.29, 1.82) is 0 Å². The Balaban J connectivity index is 1.34. The van der Waals surface area contributed by atoms with E-state index >= 15 is 0 Å². The highest BCUT2D eigenvalue weighted by molar-refractivity contribution is 5.94. The lowest BCUT2D eigenvalue weighted by molar-refractivity contribution is 0.0949. The number of para-hydroxylation sites is 1. The van der Waals surface area contributed by atoms with E-state index in [0.29, 0.717) is 18.0 Å². The van der Waals surface area contributed by atoms with Gasteiger partial charge in [0.1, 0.15) is 11.6 Å². The molecule has 0 bridgehead atoms. The number of aromatic nitrogens is 2. The number of amides is 1.